The molecule has 1 fully saturated rings. The van der Waals surface area contributed by atoms with Crippen LogP contribution in [-0.2, 0) is 25.1 Å². The molecule has 1 aromatic carbocycles. The molecule has 2 aliphatic heterocycles. The molecule has 0 aliphatic carbocycles. The molecule has 178 valence electrons. The minimum Gasteiger partial charge on any atom is -0.377 e. The monoisotopic (exact) mass is 473 g/mol. The summed E-state index contributed by atoms with van der Waals surface area (Å²) in [6.45, 7) is 9.71. The first-order chi connectivity index (χ1) is 15.7. The van der Waals surface area contributed by atoms with E-state index >= 15 is 0 Å². The number of rotatable bonds is 5. The number of fused-ring (bicyclic) bond motifs is 1. The van der Waals surface area contributed by atoms with Crippen LogP contribution in [0.15, 0.2) is 24.3 Å². The SMILES string of the molecule is CCNC(=O)Nc1ccc(-c2nc(N3CCOC[C@@H]3CC)c3c(n2)C(C)(C)S(=O)(=O)C3)cc1. The van der Waals surface area contributed by atoms with Gasteiger partial charge in [-0.05, 0) is 51.5 Å². The molecule has 0 spiro atoms. The molecular weight excluding hydrogens is 442 g/mol. The van der Waals surface area contributed by atoms with Crippen LogP contribution in [0.5, 0.6) is 0 Å². The standard InChI is InChI=1S/C23H31N5O4S/c1-5-17-13-32-12-11-28(17)21-18-14-33(30,31)23(3,4)19(18)26-20(27-21)15-7-9-16(10-8-15)25-22(29)24-6-2/h7-10,17H,5-6,11-14H2,1-4H3,(H2,24,25,29)/t17-/m0/s1. The van der Waals surface area contributed by atoms with Crippen LogP contribution in [0.1, 0.15) is 45.4 Å². The lowest BCUT2D eigenvalue weighted by molar-refractivity contribution is 0.0925. The molecule has 2 N–H and O–H groups in total. The van der Waals surface area contributed by atoms with Crippen LogP contribution in [-0.4, -0.2) is 56.8 Å². The number of sulfone groups is 1. The van der Waals surface area contributed by atoms with E-state index in [9.17, 15) is 13.2 Å². The Morgan fingerprint density at radius 1 is 1.21 bits per heavy atom. The summed E-state index contributed by atoms with van der Waals surface area (Å²) in [5.41, 5.74) is 2.65. The zero-order valence-corrected chi connectivity index (χ0v) is 20.3. The first-order valence-corrected chi connectivity index (χ1v) is 13.0. The second kappa shape index (κ2) is 8.90. The Balaban J connectivity index is 1.78. The lowest BCUT2D eigenvalue weighted by atomic mass is 10.0. The second-order valence-electron chi connectivity index (χ2n) is 8.86. The van der Waals surface area contributed by atoms with Gasteiger partial charge in [-0.3, -0.25) is 0 Å². The van der Waals surface area contributed by atoms with Gasteiger partial charge in [-0.1, -0.05) is 6.92 Å². The molecule has 10 heteroatoms. The van der Waals surface area contributed by atoms with Gasteiger partial charge in [0.1, 0.15) is 10.6 Å². The first kappa shape index (κ1) is 23.4. The maximum atomic E-state index is 13.0. The highest BCUT2D eigenvalue weighted by Gasteiger charge is 2.48. The van der Waals surface area contributed by atoms with Crippen LogP contribution in [0, 0.1) is 0 Å². The van der Waals surface area contributed by atoms with Crippen molar-refractivity contribution in [1.82, 2.24) is 15.3 Å². The van der Waals surface area contributed by atoms with Gasteiger partial charge in [0.05, 0.1) is 30.7 Å². The van der Waals surface area contributed by atoms with E-state index in [0.29, 0.717) is 54.9 Å². The third-order valence-electron chi connectivity index (χ3n) is 6.38. The van der Waals surface area contributed by atoms with Crippen LogP contribution >= 0.6 is 0 Å². The van der Waals surface area contributed by atoms with Crippen molar-refractivity contribution in [2.45, 2.75) is 50.7 Å². The summed E-state index contributed by atoms with van der Waals surface area (Å²) in [4.78, 5) is 23.6. The Kier molecular flexibility index (Phi) is 6.32. The van der Waals surface area contributed by atoms with Crippen molar-refractivity contribution in [2.75, 3.05) is 36.5 Å². The van der Waals surface area contributed by atoms with Crippen LogP contribution in [0.4, 0.5) is 16.3 Å². The molecule has 0 radical (unpaired) electrons. The summed E-state index contributed by atoms with van der Waals surface area (Å²) in [5.74, 6) is 1.09. The third-order valence-corrected chi connectivity index (χ3v) is 8.79. The highest BCUT2D eigenvalue weighted by atomic mass is 32.2. The lowest BCUT2D eigenvalue weighted by Gasteiger charge is -2.37. The number of ether oxygens (including phenoxy) is 1. The number of urea groups is 1. The van der Waals surface area contributed by atoms with E-state index in [0.717, 1.165) is 12.0 Å². The van der Waals surface area contributed by atoms with E-state index in [2.05, 4.69) is 22.5 Å². The van der Waals surface area contributed by atoms with Gasteiger partial charge in [0.15, 0.2) is 15.7 Å². The fraction of sp³-hybridized carbons (Fsp3) is 0.522. The minimum absolute atomic E-state index is 0.0614. The highest BCUT2D eigenvalue weighted by molar-refractivity contribution is 7.91. The van der Waals surface area contributed by atoms with Crippen LogP contribution in [0.25, 0.3) is 11.4 Å². The number of nitrogens with one attached hydrogen (secondary N) is 2. The number of hydrogen-bond donors (Lipinski definition) is 2. The van der Waals surface area contributed by atoms with Gasteiger partial charge in [0, 0.05) is 29.9 Å². The molecule has 0 unspecified atom stereocenters. The van der Waals surface area contributed by atoms with Crippen molar-refractivity contribution in [3.8, 4) is 11.4 Å². The van der Waals surface area contributed by atoms with Gasteiger partial charge in [0.25, 0.3) is 0 Å². The molecule has 2 aliphatic rings. The molecule has 9 nitrogen and oxygen atoms in total. The van der Waals surface area contributed by atoms with E-state index in [4.69, 9.17) is 14.7 Å². The van der Waals surface area contributed by atoms with Gasteiger partial charge < -0.3 is 20.3 Å². The predicted molar refractivity (Wildman–Crippen MR) is 128 cm³/mol. The van der Waals surface area contributed by atoms with E-state index in [1.807, 2.05) is 19.1 Å². The van der Waals surface area contributed by atoms with Gasteiger partial charge in [-0.15, -0.1) is 0 Å². The fourth-order valence-corrected chi connectivity index (χ4v) is 5.77. The fourth-order valence-electron chi connectivity index (χ4n) is 4.30. The summed E-state index contributed by atoms with van der Waals surface area (Å²) in [6, 6.07) is 7.09. The maximum absolute atomic E-state index is 13.0. The quantitative estimate of drug-likeness (QED) is 0.686. The van der Waals surface area contributed by atoms with Gasteiger partial charge >= 0.3 is 6.03 Å². The average Bonchev–Trinajstić information content (AvgIpc) is 2.97. The molecular formula is C23H31N5O4S. The van der Waals surface area contributed by atoms with Gasteiger partial charge in [-0.2, -0.15) is 0 Å². The smallest absolute Gasteiger partial charge is 0.319 e. The summed E-state index contributed by atoms with van der Waals surface area (Å²) in [6.07, 6.45) is 0.866. The van der Waals surface area contributed by atoms with Crippen LogP contribution in [0.3, 0.4) is 0 Å². The van der Waals surface area contributed by atoms with Crippen molar-refractivity contribution in [2.24, 2.45) is 0 Å². The summed E-state index contributed by atoms with van der Waals surface area (Å²) in [5, 5.41) is 5.46. The normalized spacial score (nSPS) is 20.8. The molecule has 1 atom stereocenters. The number of aromatic nitrogens is 2. The number of carbonyl (C=O) groups excluding carboxylic acids is 1. The first-order valence-electron chi connectivity index (χ1n) is 11.3. The number of anilines is 2. The van der Waals surface area contributed by atoms with Crippen LogP contribution < -0.4 is 15.5 Å². The van der Waals surface area contributed by atoms with Crippen molar-refractivity contribution >= 4 is 27.4 Å². The van der Waals surface area contributed by atoms with Gasteiger partial charge in [-0.25, -0.2) is 23.2 Å². The zero-order valence-electron chi connectivity index (χ0n) is 19.5. The van der Waals surface area contributed by atoms with Crippen molar-refractivity contribution in [3.05, 3.63) is 35.5 Å². The molecule has 4 rings (SSSR count). The van der Waals surface area contributed by atoms with Crippen molar-refractivity contribution in [3.63, 3.8) is 0 Å². The molecule has 2 aromatic rings. The van der Waals surface area contributed by atoms with E-state index in [-0.39, 0.29) is 17.8 Å². The molecule has 0 saturated carbocycles. The topological polar surface area (TPSA) is 114 Å². The summed E-state index contributed by atoms with van der Waals surface area (Å²) >= 11 is 0. The summed E-state index contributed by atoms with van der Waals surface area (Å²) in [7, 11) is -3.41. The predicted octanol–water partition coefficient (Wildman–Crippen LogP) is 3.06. The lowest BCUT2D eigenvalue weighted by Crippen LogP contribution is -2.46. The second-order valence-corrected chi connectivity index (χ2v) is 11.4. The Bertz CT molecular complexity index is 1150. The number of benzene rings is 1. The number of hydrogen-bond acceptors (Lipinski definition) is 7. The molecule has 3 heterocycles. The number of carbonyl (C=O) groups is 1. The van der Waals surface area contributed by atoms with E-state index in [1.165, 1.54) is 0 Å². The van der Waals surface area contributed by atoms with Crippen LogP contribution in [0.2, 0.25) is 0 Å². The minimum atomic E-state index is -3.41. The summed E-state index contributed by atoms with van der Waals surface area (Å²) < 4.78 is 30.6. The largest absolute Gasteiger partial charge is 0.377 e. The Hall–Kier alpha value is -2.72. The Morgan fingerprint density at radius 3 is 2.61 bits per heavy atom. The molecule has 1 saturated heterocycles. The number of nitrogens with zero attached hydrogens (tertiary/aromatic N) is 3. The Labute approximate surface area is 194 Å². The molecule has 1 aromatic heterocycles. The maximum Gasteiger partial charge on any atom is 0.319 e. The zero-order chi connectivity index (χ0) is 23.8. The molecule has 2 amide bonds. The highest BCUT2D eigenvalue weighted by Crippen LogP contribution is 2.45. The molecule has 0 bridgehead atoms. The van der Waals surface area contributed by atoms with Gasteiger partial charge in [0.2, 0.25) is 0 Å². The van der Waals surface area contributed by atoms with Crippen molar-refractivity contribution < 1.29 is 17.9 Å². The van der Waals surface area contributed by atoms with E-state index in [1.54, 1.807) is 26.0 Å². The number of amides is 2. The average molecular weight is 474 g/mol. The Morgan fingerprint density at radius 2 is 1.94 bits per heavy atom. The number of morpholine rings is 1. The molecule has 33 heavy (non-hydrogen) atoms. The van der Waals surface area contributed by atoms with Crippen molar-refractivity contribution in [1.29, 1.82) is 0 Å². The third kappa shape index (κ3) is 4.29. The van der Waals surface area contributed by atoms with E-state index < -0.39 is 14.6 Å².